The standard InChI is InChI=1S/C23H17ClI2N2O4S/c1-3-32-22(31)18-11(2)27-23-28(19(18)14-6-4-5-7-15(14)24)21(30)17(33-23)9-12-8-13(25)10-16(26)20(12)29/h4-10,19,29H,3H2,1-2H3/b17-9-/t19-/m0/s1. The van der Waals surface area contributed by atoms with Crippen LogP contribution in [0.1, 0.15) is 31.0 Å². The van der Waals surface area contributed by atoms with E-state index in [2.05, 4.69) is 50.2 Å². The third-order valence-corrected chi connectivity index (χ3v) is 7.83. The minimum atomic E-state index is -0.777. The van der Waals surface area contributed by atoms with Gasteiger partial charge in [0.25, 0.3) is 5.56 Å². The van der Waals surface area contributed by atoms with E-state index in [9.17, 15) is 14.7 Å². The zero-order valence-electron chi connectivity index (χ0n) is 17.4. The fraction of sp³-hybridized carbons (Fsp3) is 0.174. The second kappa shape index (κ2) is 9.88. The fourth-order valence-corrected chi connectivity index (χ4v) is 6.79. The molecule has 0 amide bonds. The Morgan fingerprint density at radius 2 is 2.06 bits per heavy atom. The van der Waals surface area contributed by atoms with Gasteiger partial charge in [0.05, 0.1) is 26.0 Å². The van der Waals surface area contributed by atoms with Gasteiger partial charge in [0, 0.05) is 14.2 Å². The number of rotatable bonds is 4. The van der Waals surface area contributed by atoms with Gasteiger partial charge in [-0.2, -0.15) is 0 Å². The third-order valence-electron chi connectivity index (χ3n) is 5.06. The van der Waals surface area contributed by atoms with E-state index >= 15 is 0 Å². The molecule has 3 aromatic rings. The van der Waals surface area contributed by atoms with Crippen molar-refractivity contribution in [2.24, 2.45) is 4.99 Å². The number of hydrogen-bond donors (Lipinski definition) is 1. The average molecular weight is 707 g/mol. The zero-order valence-corrected chi connectivity index (χ0v) is 23.3. The molecule has 1 N–H and O–H groups in total. The molecule has 4 rings (SSSR count). The second-order valence-corrected chi connectivity index (χ2v) is 11.0. The maximum atomic E-state index is 13.6. The van der Waals surface area contributed by atoms with Crippen molar-refractivity contribution in [3.63, 3.8) is 0 Å². The summed E-state index contributed by atoms with van der Waals surface area (Å²) in [7, 11) is 0. The molecule has 170 valence electrons. The monoisotopic (exact) mass is 706 g/mol. The first-order valence-electron chi connectivity index (χ1n) is 9.85. The van der Waals surface area contributed by atoms with Gasteiger partial charge in [-0.3, -0.25) is 9.36 Å². The van der Waals surface area contributed by atoms with Crippen LogP contribution in [0.25, 0.3) is 6.08 Å². The summed E-state index contributed by atoms with van der Waals surface area (Å²) in [4.78, 5) is 31.5. The van der Waals surface area contributed by atoms with Crippen molar-refractivity contribution >= 4 is 80.2 Å². The summed E-state index contributed by atoms with van der Waals surface area (Å²) in [6.07, 6.45) is 1.65. The highest BCUT2D eigenvalue weighted by molar-refractivity contribution is 14.1. The van der Waals surface area contributed by atoms with Crippen LogP contribution in [0.15, 0.2) is 57.5 Å². The van der Waals surface area contributed by atoms with Crippen LogP contribution in [-0.4, -0.2) is 22.2 Å². The molecular weight excluding hydrogens is 690 g/mol. The molecule has 0 unspecified atom stereocenters. The molecule has 0 saturated carbocycles. The van der Waals surface area contributed by atoms with Crippen LogP contribution in [-0.2, 0) is 9.53 Å². The van der Waals surface area contributed by atoms with E-state index in [4.69, 9.17) is 16.3 Å². The van der Waals surface area contributed by atoms with Gasteiger partial charge in [0.15, 0.2) is 4.80 Å². The molecule has 33 heavy (non-hydrogen) atoms. The van der Waals surface area contributed by atoms with Gasteiger partial charge >= 0.3 is 5.97 Å². The first-order chi connectivity index (χ1) is 15.7. The van der Waals surface area contributed by atoms with Crippen LogP contribution in [0.2, 0.25) is 5.02 Å². The first kappa shape index (κ1) is 24.4. The van der Waals surface area contributed by atoms with Crippen LogP contribution < -0.4 is 14.9 Å². The lowest BCUT2D eigenvalue weighted by Crippen LogP contribution is -2.40. The number of phenols is 1. The number of carbonyl (C=O) groups is 1. The number of fused-ring (bicyclic) bond motifs is 1. The second-order valence-electron chi connectivity index (χ2n) is 7.15. The molecule has 0 spiro atoms. The van der Waals surface area contributed by atoms with Crippen LogP contribution in [0.4, 0.5) is 0 Å². The van der Waals surface area contributed by atoms with E-state index in [0.717, 1.165) is 3.57 Å². The number of aromatic hydroxyl groups is 1. The van der Waals surface area contributed by atoms with Gasteiger partial charge < -0.3 is 9.84 Å². The van der Waals surface area contributed by atoms with Gasteiger partial charge in [-0.05, 0) is 88.9 Å². The van der Waals surface area contributed by atoms with E-state index in [1.165, 1.54) is 15.9 Å². The van der Waals surface area contributed by atoms with Crippen molar-refractivity contribution in [2.75, 3.05) is 6.61 Å². The van der Waals surface area contributed by atoms with Crippen molar-refractivity contribution in [3.05, 3.63) is 90.6 Å². The normalized spacial score (nSPS) is 15.9. The van der Waals surface area contributed by atoms with Crippen LogP contribution >= 0.6 is 68.1 Å². The molecule has 0 aliphatic carbocycles. The molecule has 0 bridgehead atoms. The van der Waals surface area contributed by atoms with Crippen LogP contribution in [0, 0.1) is 7.14 Å². The Kier molecular flexibility index (Phi) is 7.32. The molecule has 0 radical (unpaired) electrons. The van der Waals surface area contributed by atoms with Gasteiger partial charge in [-0.15, -0.1) is 0 Å². The number of carbonyl (C=O) groups excluding carboxylic acids is 1. The number of benzene rings is 2. The van der Waals surface area contributed by atoms with Crippen molar-refractivity contribution < 1.29 is 14.6 Å². The number of ether oxygens (including phenoxy) is 1. The highest BCUT2D eigenvalue weighted by Gasteiger charge is 2.34. The minimum Gasteiger partial charge on any atom is -0.506 e. The van der Waals surface area contributed by atoms with Crippen molar-refractivity contribution in [3.8, 4) is 5.75 Å². The van der Waals surface area contributed by atoms with Gasteiger partial charge in [-0.1, -0.05) is 41.1 Å². The summed E-state index contributed by atoms with van der Waals surface area (Å²) in [5.41, 5.74) is 1.56. The molecule has 1 aliphatic heterocycles. The Morgan fingerprint density at radius 1 is 1.33 bits per heavy atom. The number of thiazole rings is 1. The minimum absolute atomic E-state index is 0.105. The summed E-state index contributed by atoms with van der Waals surface area (Å²) in [5.74, 6) is -0.435. The smallest absolute Gasteiger partial charge is 0.338 e. The number of allylic oxidation sites excluding steroid dienone is 1. The predicted molar refractivity (Wildman–Crippen MR) is 145 cm³/mol. The number of nitrogens with zero attached hydrogens (tertiary/aromatic N) is 2. The molecular formula is C23H17ClI2N2O4S. The number of esters is 1. The molecule has 1 atom stereocenters. The summed E-state index contributed by atoms with van der Waals surface area (Å²) in [5, 5.41) is 10.9. The zero-order chi connectivity index (χ0) is 23.9. The Labute approximate surface area is 225 Å². The highest BCUT2D eigenvalue weighted by atomic mass is 127. The maximum Gasteiger partial charge on any atom is 0.338 e. The summed E-state index contributed by atoms with van der Waals surface area (Å²) in [6, 6.07) is 9.98. The van der Waals surface area contributed by atoms with Gasteiger partial charge in [-0.25, -0.2) is 9.79 Å². The lowest BCUT2D eigenvalue weighted by molar-refractivity contribution is -0.139. The summed E-state index contributed by atoms with van der Waals surface area (Å²) < 4.78 is 8.77. The lowest BCUT2D eigenvalue weighted by Gasteiger charge is -2.25. The van der Waals surface area contributed by atoms with Crippen molar-refractivity contribution in [1.82, 2.24) is 4.57 Å². The summed E-state index contributed by atoms with van der Waals surface area (Å²) in [6.45, 7) is 3.64. The maximum absolute atomic E-state index is 13.6. The topological polar surface area (TPSA) is 80.9 Å². The molecule has 10 heteroatoms. The Morgan fingerprint density at radius 3 is 2.76 bits per heavy atom. The largest absolute Gasteiger partial charge is 0.506 e. The molecule has 1 aromatic heterocycles. The van der Waals surface area contributed by atoms with Crippen molar-refractivity contribution in [2.45, 2.75) is 19.9 Å². The molecule has 0 fully saturated rings. The molecule has 2 heterocycles. The first-order valence-corrected chi connectivity index (χ1v) is 13.2. The molecule has 1 aliphatic rings. The lowest BCUT2D eigenvalue weighted by atomic mass is 9.96. The molecule has 2 aromatic carbocycles. The predicted octanol–water partition coefficient (Wildman–Crippen LogP) is 4.37. The quantitative estimate of drug-likeness (QED) is 0.323. The number of phenolic OH excluding ortho intramolecular Hbond substituents is 1. The van der Waals surface area contributed by atoms with Crippen LogP contribution in [0.3, 0.4) is 0 Å². The van der Waals surface area contributed by atoms with Crippen LogP contribution in [0.5, 0.6) is 5.75 Å². The fourth-order valence-electron chi connectivity index (χ4n) is 3.62. The average Bonchev–Trinajstić information content (AvgIpc) is 3.06. The Balaban J connectivity index is 2.01. The SMILES string of the molecule is CCOC(=O)C1=C(C)N=c2s/c(=C\c3cc(I)cc(I)c3O)c(=O)n2[C@H]1c1ccccc1Cl. The highest BCUT2D eigenvalue weighted by Crippen LogP contribution is 2.34. The number of aromatic nitrogens is 1. The van der Waals surface area contributed by atoms with Gasteiger partial charge in [0.2, 0.25) is 0 Å². The number of hydrogen-bond acceptors (Lipinski definition) is 6. The summed E-state index contributed by atoms with van der Waals surface area (Å²) >= 11 is 11.9. The van der Waals surface area contributed by atoms with E-state index in [1.54, 1.807) is 50.3 Å². The van der Waals surface area contributed by atoms with E-state index in [0.29, 0.717) is 34.8 Å². The Bertz CT molecular complexity index is 1490. The van der Waals surface area contributed by atoms with Crippen molar-refractivity contribution in [1.29, 1.82) is 0 Å². The van der Waals surface area contributed by atoms with E-state index in [1.807, 2.05) is 6.07 Å². The molecule has 6 nitrogen and oxygen atoms in total. The van der Waals surface area contributed by atoms with E-state index < -0.39 is 12.0 Å². The molecule has 0 saturated heterocycles. The third kappa shape index (κ3) is 4.64. The van der Waals surface area contributed by atoms with E-state index in [-0.39, 0.29) is 23.5 Å². The van der Waals surface area contributed by atoms with Gasteiger partial charge in [0.1, 0.15) is 11.8 Å². The number of halogens is 3. The Hall–Kier alpha value is -1.70.